The first-order valence-corrected chi connectivity index (χ1v) is 7.48. The van der Waals surface area contributed by atoms with Crippen LogP contribution in [0.1, 0.15) is 38.1 Å². The van der Waals surface area contributed by atoms with Gasteiger partial charge in [0.15, 0.2) is 0 Å². The maximum Gasteiger partial charge on any atom is 0.244 e. The molecule has 0 aliphatic heterocycles. The van der Waals surface area contributed by atoms with Crippen molar-refractivity contribution in [2.45, 2.75) is 46.1 Å². The average molecular weight is 338 g/mol. The highest BCUT2D eigenvalue weighted by molar-refractivity contribution is 5.98. The highest BCUT2D eigenvalue weighted by Gasteiger charge is 2.27. The molecule has 1 amide bonds. The van der Waals surface area contributed by atoms with Crippen LogP contribution in [-0.2, 0) is 4.79 Å². The molecule has 0 aliphatic carbocycles. The fraction of sp³-hybridized carbons (Fsp3) is 0.412. The number of carbonyl (C=O) groups excluding carboxylic acids is 1. The van der Waals surface area contributed by atoms with Gasteiger partial charge in [-0.1, -0.05) is 19.4 Å². The van der Waals surface area contributed by atoms with Crippen molar-refractivity contribution in [1.82, 2.24) is 4.98 Å². The molecule has 2 aromatic rings. The number of benzene rings is 1. The molecule has 1 aromatic carbocycles. The van der Waals surface area contributed by atoms with Crippen LogP contribution in [0, 0.1) is 13.8 Å². The predicted octanol–water partition coefficient (Wildman–Crippen LogP) is 3.84. The summed E-state index contributed by atoms with van der Waals surface area (Å²) in [6, 6.07) is 7.41. The molecule has 0 saturated heterocycles. The fourth-order valence-electron chi connectivity index (χ4n) is 2.23. The van der Waals surface area contributed by atoms with Gasteiger partial charge in [0.1, 0.15) is 5.76 Å². The van der Waals surface area contributed by atoms with Gasteiger partial charge < -0.3 is 15.5 Å². The van der Waals surface area contributed by atoms with E-state index in [9.17, 15) is 4.79 Å². The Hall–Kier alpha value is -1.85. The van der Waals surface area contributed by atoms with Crippen LogP contribution in [0.2, 0.25) is 0 Å². The number of anilines is 1. The Balaban J connectivity index is 0.00000264. The van der Waals surface area contributed by atoms with Crippen molar-refractivity contribution < 1.29 is 9.21 Å². The van der Waals surface area contributed by atoms with Crippen LogP contribution in [0.15, 0.2) is 28.7 Å². The first-order chi connectivity index (χ1) is 10.3. The number of oxazole rings is 1. The van der Waals surface area contributed by atoms with Crippen LogP contribution < -0.4 is 11.1 Å². The molecule has 1 unspecified atom stereocenters. The Morgan fingerprint density at radius 2 is 2.09 bits per heavy atom. The van der Waals surface area contributed by atoms with E-state index in [-0.39, 0.29) is 18.3 Å². The summed E-state index contributed by atoms with van der Waals surface area (Å²) in [5.41, 5.74) is 7.54. The summed E-state index contributed by atoms with van der Waals surface area (Å²) in [5.74, 6) is 1.16. The van der Waals surface area contributed by atoms with E-state index in [2.05, 4.69) is 10.3 Å². The minimum Gasteiger partial charge on any atom is -0.441 e. The summed E-state index contributed by atoms with van der Waals surface area (Å²) in [7, 11) is 0. The fourth-order valence-corrected chi connectivity index (χ4v) is 2.23. The Morgan fingerprint density at radius 3 is 2.65 bits per heavy atom. The lowest BCUT2D eigenvalue weighted by molar-refractivity contribution is -0.120. The normalized spacial score (nSPS) is 13.1. The molecule has 0 spiro atoms. The monoisotopic (exact) mass is 337 g/mol. The second-order valence-corrected chi connectivity index (χ2v) is 5.86. The number of nitrogens with zero attached hydrogens (tertiary/aromatic N) is 1. The number of carbonyl (C=O) groups is 1. The maximum absolute atomic E-state index is 12.3. The number of nitrogens with one attached hydrogen (secondary N) is 1. The Bertz CT molecular complexity index is 661. The molecular formula is C17H24ClN3O2. The summed E-state index contributed by atoms with van der Waals surface area (Å²) in [5, 5.41) is 2.87. The van der Waals surface area contributed by atoms with E-state index < -0.39 is 5.54 Å². The molecule has 2 rings (SSSR count). The van der Waals surface area contributed by atoms with Crippen molar-refractivity contribution in [2.24, 2.45) is 5.73 Å². The third-order valence-corrected chi connectivity index (χ3v) is 3.68. The Morgan fingerprint density at radius 1 is 1.39 bits per heavy atom. The molecule has 126 valence electrons. The SMILES string of the molecule is CCCC(C)(N)C(=O)Nc1cccc(-c2nc(C)c(C)o2)c1.Cl. The van der Waals surface area contributed by atoms with Gasteiger partial charge in [0.25, 0.3) is 0 Å². The molecule has 23 heavy (non-hydrogen) atoms. The molecule has 3 N–H and O–H groups in total. The Labute approximate surface area is 143 Å². The molecule has 0 bridgehead atoms. The average Bonchev–Trinajstić information content (AvgIpc) is 2.79. The molecule has 0 aliphatic rings. The molecule has 0 radical (unpaired) electrons. The molecule has 1 heterocycles. The van der Waals surface area contributed by atoms with Crippen LogP contribution in [0.4, 0.5) is 5.69 Å². The highest BCUT2D eigenvalue weighted by atomic mass is 35.5. The molecule has 1 aromatic heterocycles. The van der Waals surface area contributed by atoms with Crippen molar-refractivity contribution in [2.75, 3.05) is 5.32 Å². The number of hydrogen-bond acceptors (Lipinski definition) is 4. The number of hydrogen-bond donors (Lipinski definition) is 2. The van der Waals surface area contributed by atoms with Crippen LogP contribution >= 0.6 is 12.4 Å². The van der Waals surface area contributed by atoms with Gasteiger partial charge in [0.2, 0.25) is 11.8 Å². The van der Waals surface area contributed by atoms with Gasteiger partial charge >= 0.3 is 0 Å². The molecule has 6 heteroatoms. The zero-order valence-electron chi connectivity index (χ0n) is 14.0. The summed E-state index contributed by atoms with van der Waals surface area (Å²) in [6.07, 6.45) is 1.49. The van der Waals surface area contributed by atoms with E-state index >= 15 is 0 Å². The van der Waals surface area contributed by atoms with E-state index in [0.29, 0.717) is 18.0 Å². The van der Waals surface area contributed by atoms with Crippen molar-refractivity contribution in [1.29, 1.82) is 0 Å². The summed E-state index contributed by atoms with van der Waals surface area (Å²) >= 11 is 0. The van der Waals surface area contributed by atoms with Gasteiger partial charge in [0, 0.05) is 11.3 Å². The largest absolute Gasteiger partial charge is 0.441 e. The van der Waals surface area contributed by atoms with Crippen molar-refractivity contribution >= 4 is 24.0 Å². The lowest BCUT2D eigenvalue weighted by atomic mass is 9.96. The van der Waals surface area contributed by atoms with Crippen LogP contribution in [-0.4, -0.2) is 16.4 Å². The first kappa shape index (κ1) is 19.2. The third kappa shape index (κ3) is 4.56. The minimum absolute atomic E-state index is 0. The van der Waals surface area contributed by atoms with Crippen LogP contribution in [0.5, 0.6) is 0 Å². The number of amides is 1. The van der Waals surface area contributed by atoms with E-state index in [4.69, 9.17) is 10.2 Å². The topological polar surface area (TPSA) is 81.2 Å². The predicted molar refractivity (Wildman–Crippen MR) is 94.8 cm³/mol. The smallest absolute Gasteiger partial charge is 0.244 e. The van der Waals surface area contributed by atoms with Gasteiger partial charge in [-0.15, -0.1) is 12.4 Å². The number of aromatic nitrogens is 1. The third-order valence-electron chi connectivity index (χ3n) is 3.68. The van der Waals surface area contributed by atoms with E-state index in [1.807, 2.05) is 45.0 Å². The zero-order chi connectivity index (χ0) is 16.3. The molecule has 5 nitrogen and oxygen atoms in total. The lowest BCUT2D eigenvalue weighted by Gasteiger charge is -2.22. The van der Waals surface area contributed by atoms with Gasteiger partial charge in [-0.05, 0) is 45.4 Å². The number of rotatable bonds is 5. The molecule has 0 fully saturated rings. The first-order valence-electron chi connectivity index (χ1n) is 7.48. The lowest BCUT2D eigenvalue weighted by Crippen LogP contribution is -2.48. The van der Waals surface area contributed by atoms with Gasteiger partial charge in [-0.3, -0.25) is 4.79 Å². The second kappa shape index (κ2) is 7.62. The standard InChI is InChI=1S/C17H23N3O2.ClH/c1-5-9-17(4,18)16(21)20-14-8-6-7-13(10-14)15-19-11(2)12(3)22-15;/h6-8,10H,5,9,18H2,1-4H3,(H,20,21);1H. The zero-order valence-corrected chi connectivity index (χ0v) is 14.8. The summed E-state index contributed by atoms with van der Waals surface area (Å²) < 4.78 is 5.62. The Kier molecular flexibility index (Phi) is 6.36. The quantitative estimate of drug-likeness (QED) is 0.868. The summed E-state index contributed by atoms with van der Waals surface area (Å²) in [4.78, 5) is 16.6. The van der Waals surface area contributed by atoms with Crippen molar-refractivity contribution in [3.63, 3.8) is 0 Å². The van der Waals surface area contributed by atoms with Crippen LogP contribution in [0.25, 0.3) is 11.5 Å². The number of nitrogens with two attached hydrogens (primary N) is 1. The van der Waals surface area contributed by atoms with Gasteiger partial charge in [-0.2, -0.15) is 0 Å². The maximum atomic E-state index is 12.3. The van der Waals surface area contributed by atoms with E-state index in [1.165, 1.54) is 0 Å². The van der Waals surface area contributed by atoms with Crippen molar-refractivity contribution in [3.8, 4) is 11.5 Å². The number of halogens is 1. The van der Waals surface area contributed by atoms with Gasteiger partial charge in [0.05, 0.1) is 11.2 Å². The molecule has 1 atom stereocenters. The van der Waals surface area contributed by atoms with Crippen molar-refractivity contribution in [3.05, 3.63) is 35.7 Å². The highest BCUT2D eigenvalue weighted by Crippen LogP contribution is 2.24. The number of aryl methyl sites for hydroxylation is 2. The van der Waals surface area contributed by atoms with E-state index in [0.717, 1.165) is 23.4 Å². The van der Waals surface area contributed by atoms with Crippen LogP contribution in [0.3, 0.4) is 0 Å². The van der Waals surface area contributed by atoms with E-state index in [1.54, 1.807) is 6.92 Å². The molecular weight excluding hydrogens is 314 g/mol. The molecule has 0 saturated carbocycles. The van der Waals surface area contributed by atoms with Gasteiger partial charge in [-0.25, -0.2) is 4.98 Å². The minimum atomic E-state index is -0.874. The second-order valence-electron chi connectivity index (χ2n) is 5.86. The summed E-state index contributed by atoms with van der Waals surface area (Å²) in [6.45, 7) is 7.53.